The van der Waals surface area contributed by atoms with E-state index in [2.05, 4.69) is 22.2 Å². The molecule has 2 heteroatoms. The zero-order valence-electron chi connectivity index (χ0n) is 6.53. The topological polar surface area (TPSA) is 0 Å². The normalized spacial score (nSPS) is 22.2. The largest absolute Gasteiger partial charge is 0.165 e. The van der Waals surface area contributed by atoms with Crippen LogP contribution in [-0.2, 0) is 0 Å². The Morgan fingerprint density at radius 3 is 2.50 bits per heavy atom. The van der Waals surface area contributed by atoms with Crippen molar-refractivity contribution in [3.05, 3.63) is 0 Å². The van der Waals surface area contributed by atoms with E-state index in [1.165, 1.54) is 36.8 Å². The molecule has 0 bridgehead atoms. The van der Waals surface area contributed by atoms with Gasteiger partial charge in [-0.1, -0.05) is 22.4 Å². The highest BCUT2D eigenvalue weighted by molar-refractivity contribution is 9.09. The van der Waals surface area contributed by atoms with Crippen molar-refractivity contribution >= 4 is 27.7 Å². The number of hydrogen-bond acceptors (Lipinski definition) is 1. The van der Waals surface area contributed by atoms with Crippen LogP contribution in [0.2, 0.25) is 0 Å². The van der Waals surface area contributed by atoms with E-state index in [-0.39, 0.29) is 0 Å². The molecule has 0 amide bonds. The maximum absolute atomic E-state index is 3.60. The first-order valence-corrected chi connectivity index (χ1v) is 6.39. The zero-order valence-corrected chi connectivity index (χ0v) is 8.93. The van der Waals surface area contributed by atoms with Crippen molar-refractivity contribution in [2.24, 2.45) is 5.41 Å². The average molecular weight is 223 g/mol. The molecule has 0 heterocycles. The molecule has 0 N–H and O–H groups in total. The molecule has 60 valence electrons. The van der Waals surface area contributed by atoms with Gasteiger partial charge in [-0.3, -0.25) is 0 Å². The fourth-order valence-corrected chi connectivity index (χ4v) is 2.92. The molecule has 0 aromatic carbocycles. The lowest BCUT2D eigenvalue weighted by molar-refractivity contribution is 0.165. The van der Waals surface area contributed by atoms with Gasteiger partial charge in [-0.2, -0.15) is 11.8 Å². The van der Waals surface area contributed by atoms with Gasteiger partial charge in [0.2, 0.25) is 0 Å². The second-order valence-electron chi connectivity index (χ2n) is 3.23. The van der Waals surface area contributed by atoms with Gasteiger partial charge < -0.3 is 0 Å². The maximum atomic E-state index is 3.60. The predicted octanol–water partition coefficient (Wildman–Crippen LogP) is 3.30. The molecule has 1 aliphatic carbocycles. The maximum Gasteiger partial charge on any atom is 0.00882 e. The van der Waals surface area contributed by atoms with Crippen LogP contribution in [0, 0.1) is 5.41 Å². The van der Waals surface area contributed by atoms with Crippen molar-refractivity contribution in [1.29, 1.82) is 0 Å². The summed E-state index contributed by atoms with van der Waals surface area (Å²) in [6, 6.07) is 0. The quantitative estimate of drug-likeness (QED) is 0.659. The molecule has 1 fully saturated rings. The molecule has 0 aromatic heterocycles. The number of thioether (sulfide) groups is 1. The van der Waals surface area contributed by atoms with E-state index in [4.69, 9.17) is 0 Å². The van der Waals surface area contributed by atoms with Gasteiger partial charge in [0.05, 0.1) is 0 Å². The van der Waals surface area contributed by atoms with Crippen LogP contribution in [0.3, 0.4) is 0 Å². The summed E-state index contributed by atoms with van der Waals surface area (Å²) in [5, 5.41) is 1.22. The van der Waals surface area contributed by atoms with Gasteiger partial charge in [0, 0.05) is 5.33 Å². The summed E-state index contributed by atoms with van der Waals surface area (Å²) in [5.74, 6) is 1.34. The third kappa shape index (κ3) is 1.91. The third-order valence-electron chi connectivity index (χ3n) is 2.53. The SMILES string of the molecule is CSCCC1(CBr)CCC1. The molecule has 1 saturated carbocycles. The number of rotatable bonds is 4. The zero-order chi connectivity index (χ0) is 7.45. The summed E-state index contributed by atoms with van der Waals surface area (Å²) >= 11 is 5.58. The van der Waals surface area contributed by atoms with Crippen molar-refractivity contribution in [3.63, 3.8) is 0 Å². The van der Waals surface area contributed by atoms with Crippen LogP contribution in [0.25, 0.3) is 0 Å². The van der Waals surface area contributed by atoms with E-state index in [0.717, 1.165) is 0 Å². The Balaban J connectivity index is 2.20. The lowest BCUT2D eigenvalue weighted by Gasteiger charge is -2.40. The van der Waals surface area contributed by atoms with E-state index < -0.39 is 0 Å². The predicted molar refractivity (Wildman–Crippen MR) is 53.1 cm³/mol. The monoisotopic (exact) mass is 222 g/mol. The smallest absolute Gasteiger partial charge is 0.00882 e. The van der Waals surface area contributed by atoms with Gasteiger partial charge in [-0.25, -0.2) is 0 Å². The summed E-state index contributed by atoms with van der Waals surface area (Å²) in [5.41, 5.74) is 0.711. The first-order chi connectivity index (χ1) is 4.83. The first kappa shape index (κ1) is 8.92. The first-order valence-electron chi connectivity index (χ1n) is 3.88. The molecule has 10 heavy (non-hydrogen) atoms. The Morgan fingerprint density at radius 1 is 1.50 bits per heavy atom. The molecular weight excluding hydrogens is 208 g/mol. The molecule has 0 atom stereocenters. The van der Waals surface area contributed by atoms with Crippen molar-refractivity contribution in [3.8, 4) is 0 Å². The second-order valence-corrected chi connectivity index (χ2v) is 4.78. The van der Waals surface area contributed by atoms with E-state index in [1.807, 2.05) is 11.8 Å². The highest BCUT2D eigenvalue weighted by Gasteiger charge is 2.34. The van der Waals surface area contributed by atoms with Gasteiger partial charge in [-0.05, 0) is 36.7 Å². The van der Waals surface area contributed by atoms with Crippen molar-refractivity contribution in [2.45, 2.75) is 25.7 Å². The fraction of sp³-hybridized carbons (Fsp3) is 1.00. The molecule has 0 radical (unpaired) electrons. The summed E-state index contributed by atoms with van der Waals surface area (Å²) in [7, 11) is 0. The third-order valence-corrected chi connectivity index (χ3v) is 4.34. The van der Waals surface area contributed by atoms with Crippen molar-refractivity contribution in [2.75, 3.05) is 17.3 Å². The van der Waals surface area contributed by atoms with Gasteiger partial charge >= 0.3 is 0 Å². The van der Waals surface area contributed by atoms with Gasteiger partial charge in [0.1, 0.15) is 0 Å². The number of halogens is 1. The lowest BCUT2D eigenvalue weighted by atomic mass is 9.69. The van der Waals surface area contributed by atoms with E-state index in [9.17, 15) is 0 Å². The summed E-state index contributed by atoms with van der Waals surface area (Å²) in [6.07, 6.45) is 7.98. The van der Waals surface area contributed by atoms with Gasteiger partial charge in [-0.15, -0.1) is 0 Å². The lowest BCUT2D eigenvalue weighted by Crippen LogP contribution is -2.31. The molecule has 0 aliphatic heterocycles. The molecule has 0 spiro atoms. The molecule has 1 rings (SSSR count). The fourth-order valence-electron chi connectivity index (χ4n) is 1.45. The standard InChI is InChI=1S/C8H15BrS/c1-10-6-5-8(7-9)3-2-4-8/h2-7H2,1H3. The molecule has 0 nitrogen and oxygen atoms in total. The highest BCUT2D eigenvalue weighted by Crippen LogP contribution is 2.45. The molecule has 0 saturated heterocycles. The Labute approximate surface area is 76.3 Å². The summed E-state index contributed by atoms with van der Waals surface area (Å²) in [4.78, 5) is 0. The van der Waals surface area contributed by atoms with Crippen LogP contribution in [0.1, 0.15) is 25.7 Å². The number of hydrogen-bond donors (Lipinski definition) is 0. The van der Waals surface area contributed by atoms with Crippen molar-refractivity contribution < 1.29 is 0 Å². The second kappa shape index (κ2) is 4.01. The van der Waals surface area contributed by atoms with E-state index in [0.29, 0.717) is 5.41 Å². The van der Waals surface area contributed by atoms with Gasteiger partial charge in [0.25, 0.3) is 0 Å². The van der Waals surface area contributed by atoms with Crippen LogP contribution in [0.15, 0.2) is 0 Å². The molecular formula is C8H15BrS. The Morgan fingerprint density at radius 2 is 2.20 bits per heavy atom. The number of alkyl halides is 1. The summed E-state index contributed by atoms with van der Waals surface area (Å²) in [6.45, 7) is 0. The van der Waals surface area contributed by atoms with Crippen LogP contribution in [0.5, 0.6) is 0 Å². The van der Waals surface area contributed by atoms with Crippen LogP contribution in [0.4, 0.5) is 0 Å². The molecule has 1 aliphatic rings. The minimum absolute atomic E-state index is 0.711. The Kier molecular flexibility index (Phi) is 3.58. The minimum Gasteiger partial charge on any atom is -0.165 e. The van der Waals surface area contributed by atoms with Crippen LogP contribution >= 0.6 is 27.7 Å². The van der Waals surface area contributed by atoms with Crippen LogP contribution < -0.4 is 0 Å². The average Bonchev–Trinajstić information content (AvgIpc) is 1.87. The highest BCUT2D eigenvalue weighted by atomic mass is 79.9. The van der Waals surface area contributed by atoms with Gasteiger partial charge in [0.15, 0.2) is 0 Å². The summed E-state index contributed by atoms with van der Waals surface area (Å²) < 4.78 is 0. The Bertz CT molecular complexity index is 93.9. The van der Waals surface area contributed by atoms with Crippen molar-refractivity contribution in [1.82, 2.24) is 0 Å². The molecule has 0 unspecified atom stereocenters. The molecule has 0 aromatic rings. The Hall–Kier alpha value is 0.830. The van der Waals surface area contributed by atoms with E-state index >= 15 is 0 Å². The van der Waals surface area contributed by atoms with Crippen LogP contribution in [-0.4, -0.2) is 17.3 Å². The minimum atomic E-state index is 0.711. The van der Waals surface area contributed by atoms with E-state index in [1.54, 1.807) is 0 Å².